The van der Waals surface area contributed by atoms with Crippen molar-refractivity contribution in [3.05, 3.63) is 41.8 Å². The predicted molar refractivity (Wildman–Crippen MR) is 62.3 cm³/mol. The molecule has 0 amide bonds. The Labute approximate surface area is 98.3 Å². The van der Waals surface area contributed by atoms with Gasteiger partial charge in [-0.1, -0.05) is 0 Å². The van der Waals surface area contributed by atoms with Crippen LogP contribution in [0.25, 0.3) is 0 Å². The van der Waals surface area contributed by atoms with Crippen molar-refractivity contribution in [3.63, 3.8) is 0 Å². The van der Waals surface area contributed by atoms with Crippen molar-refractivity contribution in [3.8, 4) is 6.07 Å². The second-order valence-electron chi connectivity index (χ2n) is 3.49. The summed E-state index contributed by atoms with van der Waals surface area (Å²) in [5, 5.41) is 15.7. The lowest BCUT2D eigenvalue weighted by Crippen LogP contribution is -1.98. The van der Waals surface area contributed by atoms with Gasteiger partial charge < -0.3 is 5.32 Å². The van der Waals surface area contributed by atoms with E-state index in [1.165, 1.54) is 12.1 Å². The van der Waals surface area contributed by atoms with Crippen LogP contribution in [0.4, 0.5) is 15.9 Å². The van der Waals surface area contributed by atoms with Gasteiger partial charge in [-0.3, -0.25) is 4.68 Å². The highest BCUT2D eigenvalue weighted by molar-refractivity contribution is 5.57. The Hall–Kier alpha value is -2.35. The van der Waals surface area contributed by atoms with Crippen molar-refractivity contribution in [1.29, 1.82) is 5.26 Å². The molecule has 0 aliphatic rings. The highest BCUT2D eigenvalue weighted by Crippen LogP contribution is 2.19. The summed E-state index contributed by atoms with van der Waals surface area (Å²) in [4.78, 5) is 0. The van der Waals surface area contributed by atoms with Crippen LogP contribution in [-0.4, -0.2) is 9.78 Å². The molecule has 2 aromatic rings. The normalized spacial score (nSPS) is 9.94. The second kappa shape index (κ2) is 4.66. The highest BCUT2D eigenvalue weighted by atomic mass is 19.1. The third-order valence-electron chi connectivity index (χ3n) is 2.33. The molecular formula is C12H11FN4. The molecule has 0 fully saturated rings. The molecule has 0 aliphatic carbocycles. The number of aromatic nitrogens is 2. The molecule has 0 saturated carbocycles. The molecule has 1 heterocycles. The molecule has 0 aliphatic heterocycles. The van der Waals surface area contributed by atoms with Crippen LogP contribution in [0, 0.1) is 17.1 Å². The van der Waals surface area contributed by atoms with Crippen LogP contribution < -0.4 is 5.32 Å². The Bertz CT molecular complexity index is 568. The smallest absolute Gasteiger partial charge is 0.152 e. The maximum Gasteiger partial charge on any atom is 0.152 e. The monoisotopic (exact) mass is 230 g/mol. The van der Waals surface area contributed by atoms with Crippen LogP contribution in [0.5, 0.6) is 0 Å². The Kier molecular flexibility index (Phi) is 3.06. The molecule has 0 bridgehead atoms. The molecule has 17 heavy (non-hydrogen) atoms. The van der Waals surface area contributed by atoms with Gasteiger partial charge in [-0.25, -0.2) is 4.39 Å². The van der Waals surface area contributed by atoms with Gasteiger partial charge in [0.05, 0.1) is 17.3 Å². The summed E-state index contributed by atoms with van der Waals surface area (Å²) >= 11 is 0. The van der Waals surface area contributed by atoms with Gasteiger partial charge in [0.2, 0.25) is 0 Å². The average Bonchev–Trinajstić information content (AvgIpc) is 2.79. The molecule has 5 heteroatoms. The zero-order chi connectivity index (χ0) is 12.3. The van der Waals surface area contributed by atoms with Gasteiger partial charge in [0, 0.05) is 18.8 Å². The third kappa shape index (κ3) is 2.42. The van der Waals surface area contributed by atoms with Crippen molar-refractivity contribution in [1.82, 2.24) is 9.78 Å². The summed E-state index contributed by atoms with van der Waals surface area (Å²) in [7, 11) is 0. The van der Waals surface area contributed by atoms with Crippen LogP contribution >= 0.6 is 0 Å². The fraction of sp³-hybridized carbons (Fsp3) is 0.167. The number of benzene rings is 1. The Morgan fingerprint density at radius 1 is 1.47 bits per heavy atom. The van der Waals surface area contributed by atoms with Crippen molar-refractivity contribution < 1.29 is 4.39 Å². The minimum absolute atomic E-state index is 0.298. The first kappa shape index (κ1) is 11.1. The van der Waals surface area contributed by atoms with Gasteiger partial charge >= 0.3 is 0 Å². The fourth-order valence-electron chi connectivity index (χ4n) is 1.43. The van der Waals surface area contributed by atoms with Gasteiger partial charge in [-0.05, 0) is 25.1 Å². The molecule has 86 valence electrons. The maximum atomic E-state index is 13.6. The number of nitrogens with zero attached hydrogens (tertiary/aromatic N) is 3. The van der Waals surface area contributed by atoms with E-state index >= 15 is 0 Å². The van der Waals surface area contributed by atoms with Crippen molar-refractivity contribution in [2.24, 2.45) is 0 Å². The molecule has 0 radical (unpaired) electrons. The second-order valence-corrected chi connectivity index (χ2v) is 3.49. The lowest BCUT2D eigenvalue weighted by Gasteiger charge is -2.04. The SMILES string of the molecule is CCn1ccc(Nc2ccc(C#N)cc2F)n1. The van der Waals surface area contributed by atoms with Gasteiger partial charge in [0.15, 0.2) is 5.82 Å². The van der Waals surface area contributed by atoms with Gasteiger partial charge in [0.25, 0.3) is 0 Å². The van der Waals surface area contributed by atoms with Crippen molar-refractivity contribution in [2.75, 3.05) is 5.32 Å². The van der Waals surface area contributed by atoms with E-state index in [2.05, 4.69) is 10.4 Å². The number of hydrogen-bond donors (Lipinski definition) is 1. The van der Waals surface area contributed by atoms with E-state index in [-0.39, 0.29) is 0 Å². The van der Waals surface area contributed by atoms with Gasteiger partial charge in [-0.15, -0.1) is 0 Å². The first-order valence-electron chi connectivity index (χ1n) is 5.23. The standard InChI is InChI=1S/C12H11FN4/c1-2-17-6-5-12(16-17)15-11-4-3-9(8-14)7-10(11)13/h3-7H,2H2,1H3,(H,15,16). The number of nitriles is 1. The van der Waals surface area contributed by atoms with Crippen LogP contribution in [-0.2, 0) is 6.54 Å². The summed E-state index contributed by atoms with van der Waals surface area (Å²) in [5.41, 5.74) is 0.609. The van der Waals surface area contributed by atoms with Gasteiger partial charge in [-0.2, -0.15) is 10.4 Å². The molecule has 4 nitrogen and oxygen atoms in total. The predicted octanol–water partition coefficient (Wildman–Crippen LogP) is 2.66. The number of hydrogen-bond acceptors (Lipinski definition) is 3. The first-order chi connectivity index (χ1) is 8.22. The molecule has 0 spiro atoms. The average molecular weight is 230 g/mol. The molecule has 1 aromatic carbocycles. The summed E-state index contributed by atoms with van der Waals surface area (Å²) < 4.78 is 15.3. The van der Waals surface area contributed by atoms with Crippen LogP contribution in [0.1, 0.15) is 12.5 Å². The van der Waals surface area contributed by atoms with Crippen LogP contribution in [0.3, 0.4) is 0 Å². The van der Waals surface area contributed by atoms with Crippen LogP contribution in [0.15, 0.2) is 30.5 Å². The summed E-state index contributed by atoms with van der Waals surface area (Å²) in [5.74, 6) is 0.116. The number of rotatable bonds is 3. The molecule has 1 aromatic heterocycles. The molecular weight excluding hydrogens is 219 g/mol. The zero-order valence-corrected chi connectivity index (χ0v) is 9.31. The molecule has 2 rings (SSSR count). The van der Waals surface area contributed by atoms with E-state index in [4.69, 9.17) is 5.26 Å². The Morgan fingerprint density at radius 3 is 2.88 bits per heavy atom. The summed E-state index contributed by atoms with van der Waals surface area (Å²) in [6.45, 7) is 2.73. The fourth-order valence-corrected chi connectivity index (χ4v) is 1.43. The van der Waals surface area contributed by atoms with Crippen LogP contribution in [0.2, 0.25) is 0 Å². The minimum Gasteiger partial charge on any atom is -0.336 e. The zero-order valence-electron chi connectivity index (χ0n) is 9.31. The Morgan fingerprint density at radius 2 is 2.29 bits per heavy atom. The minimum atomic E-state index is -0.463. The van der Waals surface area contributed by atoms with Crippen molar-refractivity contribution in [2.45, 2.75) is 13.5 Å². The van der Waals surface area contributed by atoms with E-state index in [0.29, 0.717) is 17.1 Å². The number of nitrogens with one attached hydrogen (secondary N) is 1. The topological polar surface area (TPSA) is 53.6 Å². The third-order valence-corrected chi connectivity index (χ3v) is 2.33. The van der Waals surface area contributed by atoms with E-state index in [1.54, 1.807) is 16.8 Å². The summed E-state index contributed by atoms with van der Waals surface area (Å²) in [6.07, 6.45) is 1.81. The van der Waals surface area contributed by atoms with E-state index in [0.717, 1.165) is 6.54 Å². The lowest BCUT2D eigenvalue weighted by molar-refractivity contribution is 0.630. The first-order valence-corrected chi connectivity index (χ1v) is 5.23. The maximum absolute atomic E-state index is 13.6. The number of aryl methyl sites for hydroxylation is 1. The Balaban J connectivity index is 2.21. The summed E-state index contributed by atoms with van der Waals surface area (Å²) in [6, 6.07) is 7.93. The number of anilines is 2. The largest absolute Gasteiger partial charge is 0.336 e. The van der Waals surface area contributed by atoms with E-state index in [9.17, 15) is 4.39 Å². The van der Waals surface area contributed by atoms with Crippen molar-refractivity contribution >= 4 is 11.5 Å². The molecule has 0 atom stereocenters. The molecule has 1 N–H and O–H groups in total. The van der Waals surface area contributed by atoms with E-state index in [1.807, 2.05) is 19.2 Å². The molecule has 0 unspecified atom stereocenters. The molecule has 0 saturated heterocycles. The van der Waals surface area contributed by atoms with Gasteiger partial charge in [0.1, 0.15) is 5.82 Å². The van der Waals surface area contributed by atoms with E-state index < -0.39 is 5.82 Å². The quantitative estimate of drug-likeness (QED) is 0.881. The highest BCUT2D eigenvalue weighted by Gasteiger charge is 2.05. The lowest BCUT2D eigenvalue weighted by atomic mass is 10.2. The number of halogens is 1.